The second-order valence-corrected chi connectivity index (χ2v) is 7.93. The minimum absolute atomic E-state index is 0.220. The molecule has 2 aromatic carbocycles. The van der Waals surface area contributed by atoms with Gasteiger partial charge in [-0.3, -0.25) is 9.69 Å². The maximum Gasteiger partial charge on any atom is 0.291 e. The highest BCUT2D eigenvalue weighted by atomic mass is 16.5. The van der Waals surface area contributed by atoms with Gasteiger partial charge in [0.25, 0.3) is 5.91 Å². The van der Waals surface area contributed by atoms with Crippen molar-refractivity contribution in [3.05, 3.63) is 77.9 Å². The lowest BCUT2D eigenvalue weighted by atomic mass is 9.98. The van der Waals surface area contributed by atoms with Crippen LogP contribution in [0.15, 0.2) is 69.7 Å². The molecule has 0 spiro atoms. The molecule has 4 aromatic rings. The number of ether oxygens (including phenoxy) is 3. The van der Waals surface area contributed by atoms with Gasteiger partial charge < -0.3 is 28.4 Å². The van der Waals surface area contributed by atoms with Crippen LogP contribution in [0.4, 0.5) is 5.69 Å². The van der Waals surface area contributed by atoms with Crippen LogP contribution in [0.5, 0.6) is 11.5 Å². The molecule has 0 aliphatic carbocycles. The Balaban J connectivity index is 1.69. The zero-order chi connectivity index (χ0) is 23.5. The molecule has 0 saturated carbocycles. The quantitative estimate of drug-likeness (QED) is 0.425. The van der Waals surface area contributed by atoms with Gasteiger partial charge in [0.05, 0.1) is 45.4 Å². The van der Waals surface area contributed by atoms with Crippen LogP contribution in [0.3, 0.4) is 0 Å². The Morgan fingerprint density at radius 2 is 1.85 bits per heavy atom. The molecule has 1 N–H and O–H groups in total. The average Bonchev–Trinajstić information content (AvgIpc) is 3.54. The lowest BCUT2D eigenvalue weighted by Gasteiger charge is -2.34. The normalized spacial score (nSPS) is 15.2. The molecule has 0 bridgehead atoms. The number of carbonyl (C=O) groups excluding carboxylic acids is 1. The number of anilines is 1. The Kier molecular flexibility index (Phi) is 6.24. The molecule has 8 heteroatoms. The van der Waals surface area contributed by atoms with Gasteiger partial charge in [-0.2, -0.15) is 0 Å². The van der Waals surface area contributed by atoms with E-state index in [4.69, 9.17) is 23.0 Å². The highest BCUT2D eigenvalue weighted by molar-refractivity contribution is 6.08. The molecule has 34 heavy (non-hydrogen) atoms. The molecule has 0 radical (unpaired) electrons. The summed E-state index contributed by atoms with van der Waals surface area (Å²) in [7, 11) is 3.27. The van der Waals surface area contributed by atoms with E-state index in [1.807, 2.05) is 42.5 Å². The first-order valence-corrected chi connectivity index (χ1v) is 11.1. The van der Waals surface area contributed by atoms with Crippen LogP contribution in [0, 0.1) is 0 Å². The number of amides is 1. The number of fused-ring (bicyclic) bond motifs is 1. The lowest BCUT2D eigenvalue weighted by molar-refractivity contribution is 0.0201. The van der Waals surface area contributed by atoms with Crippen molar-refractivity contribution in [3.63, 3.8) is 0 Å². The van der Waals surface area contributed by atoms with Gasteiger partial charge in [-0.05, 0) is 42.5 Å². The van der Waals surface area contributed by atoms with E-state index < -0.39 is 0 Å². The average molecular weight is 463 g/mol. The van der Waals surface area contributed by atoms with Gasteiger partial charge in [0.1, 0.15) is 17.1 Å². The van der Waals surface area contributed by atoms with E-state index in [1.54, 1.807) is 26.4 Å². The number of benzene rings is 2. The number of nitrogens with zero attached hydrogens (tertiary/aromatic N) is 1. The highest BCUT2D eigenvalue weighted by Gasteiger charge is 2.34. The Labute approximate surface area is 197 Å². The molecular formula is C26H26N2O6. The molecule has 2 aromatic heterocycles. The standard InChI is InChI=1S/C26H26N2O6/c1-30-17-9-10-20(31-2)19(16-17)24(28-11-14-32-15-12-28)25-23(18-6-3-4-7-21(18)34-25)27-26(29)22-8-5-13-33-22/h3-10,13,16,24H,11-12,14-15H2,1-2H3,(H,27,29). The number of rotatable bonds is 7. The van der Waals surface area contributed by atoms with E-state index in [-0.39, 0.29) is 17.7 Å². The number of carbonyl (C=O) groups is 1. The molecule has 1 saturated heterocycles. The summed E-state index contributed by atoms with van der Waals surface area (Å²) in [6, 6.07) is 16.3. The first-order chi connectivity index (χ1) is 16.7. The number of hydrogen-bond acceptors (Lipinski definition) is 7. The van der Waals surface area contributed by atoms with Gasteiger partial charge in [0.2, 0.25) is 0 Å². The van der Waals surface area contributed by atoms with Gasteiger partial charge in [-0.15, -0.1) is 0 Å². The molecule has 3 heterocycles. The van der Waals surface area contributed by atoms with Gasteiger partial charge in [-0.1, -0.05) is 12.1 Å². The summed E-state index contributed by atoms with van der Waals surface area (Å²) in [5.74, 6) is 1.87. The van der Waals surface area contributed by atoms with E-state index >= 15 is 0 Å². The highest BCUT2D eigenvalue weighted by Crippen LogP contribution is 2.44. The number of morpholine rings is 1. The summed E-state index contributed by atoms with van der Waals surface area (Å²) in [4.78, 5) is 15.3. The Bertz CT molecular complexity index is 1270. The van der Waals surface area contributed by atoms with Crippen molar-refractivity contribution in [2.45, 2.75) is 6.04 Å². The maximum atomic E-state index is 13.0. The maximum absolute atomic E-state index is 13.0. The molecule has 1 aliphatic heterocycles. The summed E-state index contributed by atoms with van der Waals surface area (Å²) in [6.07, 6.45) is 1.47. The van der Waals surface area contributed by atoms with Crippen LogP contribution < -0.4 is 14.8 Å². The van der Waals surface area contributed by atoms with Crippen LogP contribution in [0.25, 0.3) is 11.0 Å². The predicted octanol–water partition coefficient (Wildman–Crippen LogP) is 4.72. The molecule has 5 rings (SSSR count). The molecule has 1 aliphatic rings. The number of nitrogens with one attached hydrogen (secondary N) is 1. The van der Waals surface area contributed by atoms with Crippen LogP contribution in [0.1, 0.15) is 27.9 Å². The fraction of sp³-hybridized carbons (Fsp3) is 0.269. The minimum Gasteiger partial charge on any atom is -0.497 e. The van der Waals surface area contributed by atoms with Crippen molar-refractivity contribution in [2.75, 3.05) is 45.8 Å². The SMILES string of the molecule is COc1ccc(OC)c(C(c2oc3ccccc3c2NC(=O)c2ccco2)N2CCOCC2)c1. The van der Waals surface area contributed by atoms with Crippen LogP contribution >= 0.6 is 0 Å². The Morgan fingerprint density at radius 1 is 1.03 bits per heavy atom. The topological polar surface area (TPSA) is 86.3 Å². The number of methoxy groups -OCH3 is 2. The number of furan rings is 2. The molecule has 1 unspecified atom stereocenters. The Morgan fingerprint density at radius 3 is 2.59 bits per heavy atom. The summed E-state index contributed by atoms with van der Waals surface area (Å²) in [5, 5.41) is 3.84. The third-order valence-electron chi connectivity index (χ3n) is 6.00. The zero-order valence-electron chi connectivity index (χ0n) is 19.1. The molecular weight excluding hydrogens is 436 g/mol. The van der Waals surface area contributed by atoms with Crippen LogP contribution in [-0.2, 0) is 4.74 Å². The van der Waals surface area contributed by atoms with Gasteiger partial charge in [0, 0.05) is 24.0 Å². The van der Waals surface area contributed by atoms with Crippen LogP contribution in [-0.4, -0.2) is 51.3 Å². The van der Waals surface area contributed by atoms with E-state index in [9.17, 15) is 4.79 Å². The summed E-state index contributed by atoms with van der Waals surface area (Å²) in [5.41, 5.74) is 2.14. The van der Waals surface area contributed by atoms with Crippen molar-refractivity contribution in [1.29, 1.82) is 0 Å². The smallest absolute Gasteiger partial charge is 0.291 e. The van der Waals surface area contributed by atoms with Crippen molar-refractivity contribution >= 4 is 22.6 Å². The summed E-state index contributed by atoms with van der Waals surface area (Å²) < 4.78 is 28.6. The van der Waals surface area contributed by atoms with Crippen molar-refractivity contribution in [2.24, 2.45) is 0 Å². The first kappa shape index (κ1) is 22.1. The largest absolute Gasteiger partial charge is 0.497 e. The van der Waals surface area contributed by atoms with Gasteiger partial charge >= 0.3 is 0 Å². The fourth-order valence-corrected chi connectivity index (χ4v) is 4.36. The third kappa shape index (κ3) is 4.13. The summed E-state index contributed by atoms with van der Waals surface area (Å²) in [6.45, 7) is 2.56. The predicted molar refractivity (Wildman–Crippen MR) is 127 cm³/mol. The van der Waals surface area contributed by atoms with Crippen LogP contribution in [0.2, 0.25) is 0 Å². The Hall–Kier alpha value is -3.75. The second kappa shape index (κ2) is 9.62. The monoisotopic (exact) mass is 462 g/mol. The van der Waals surface area contributed by atoms with E-state index in [0.29, 0.717) is 54.8 Å². The number of para-hydroxylation sites is 1. The van der Waals surface area contributed by atoms with E-state index in [0.717, 1.165) is 10.9 Å². The fourth-order valence-electron chi connectivity index (χ4n) is 4.36. The van der Waals surface area contributed by atoms with E-state index in [1.165, 1.54) is 6.26 Å². The van der Waals surface area contributed by atoms with Gasteiger partial charge in [0.15, 0.2) is 11.5 Å². The number of hydrogen-bond donors (Lipinski definition) is 1. The lowest BCUT2D eigenvalue weighted by Crippen LogP contribution is -2.39. The third-order valence-corrected chi connectivity index (χ3v) is 6.00. The molecule has 1 fully saturated rings. The molecule has 8 nitrogen and oxygen atoms in total. The summed E-state index contributed by atoms with van der Waals surface area (Å²) >= 11 is 0. The minimum atomic E-state index is -0.353. The second-order valence-electron chi connectivity index (χ2n) is 7.93. The van der Waals surface area contributed by atoms with Crippen molar-refractivity contribution in [3.8, 4) is 11.5 Å². The molecule has 1 atom stereocenters. The molecule has 176 valence electrons. The first-order valence-electron chi connectivity index (χ1n) is 11.1. The van der Waals surface area contributed by atoms with Crippen molar-refractivity contribution in [1.82, 2.24) is 4.90 Å². The molecule has 1 amide bonds. The van der Waals surface area contributed by atoms with Crippen molar-refractivity contribution < 1.29 is 27.8 Å². The zero-order valence-corrected chi connectivity index (χ0v) is 19.1. The van der Waals surface area contributed by atoms with Gasteiger partial charge in [-0.25, -0.2) is 0 Å². The van der Waals surface area contributed by atoms with E-state index in [2.05, 4.69) is 10.2 Å².